The molecular formula is C29H52O13. The van der Waals surface area contributed by atoms with Crippen LogP contribution in [-0.4, -0.2) is 143 Å². The minimum atomic E-state index is -1.19. The third kappa shape index (κ3) is 7.64. The van der Waals surface area contributed by atoms with Gasteiger partial charge in [-0.2, -0.15) is 0 Å². The van der Waals surface area contributed by atoms with E-state index >= 15 is 0 Å². The Morgan fingerprint density at radius 1 is 0.476 bits per heavy atom. The van der Waals surface area contributed by atoms with E-state index in [1.807, 2.05) is 27.7 Å². The standard InChI is InChI=1S/C29H52O13/c1-13-10-18(32-6)25(15(3)36-13)40-21-11-19(33-7)26(16(4)37-21)41-22-12-20(34-8)27(17(5)38-22)42-29-24(31)28(35-9)23(30)14(2)39-29/h13-31H,10-12H2,1-9H3. The van der Waals surface area contributed by atoms with Crippen molar-refractivity contribution in [1.82, 2.24) is 0 Å². The van der Waals surface area contributed by atoms with Crippen molar-refractivity contribution in [3.8, 4) is 0 Å². The smallest absolute Gasteiger partial charge is 0.187 e. The maximum atomic E-state index is 10.7. The summed E-state index contributed by atoms with van der Waals surface area (Å²) in [5.74, 6) is 0. The Balaban J connectivity index is 1.35. The largest absolute Gasteiger partial charge is 0.388 e. The number of aliphatic hydroxyl groups excluding tert-OH is 2. The maximum Gasteiger partial charge on any atom is 0.187 e. The van der Waals surface area contributed by atoms with E-state index in [9.17, 15) is 10.2 Å². The van der Waals surface area contributed by atoms with Crippen LogP contribution in [0.2, 0.25) is 0 Å². The lowest BCUT2D eigenvalue weighted by atomic mass is 9.97. The van der Waals surface area contributed by atoms with Gasteiger partial charge in [0.25, 0.3) is 0 Å². The molecule has 0 aromatic rings. The second-order valence-corrected chi connectivity index (χ2v) is 11.9. The fourth-order valence-corrected chi connectivity index (χ4v) is 6.61. The molecule has 0 aromatic carbocycles. The molecular weight excluding hydrogens is 556 g/mol. The van der Waals surface area contributed by atoms with Gasteiger partial charge < -0.3 is 62.3 Å². The molecule has 17 atom stereocenters. The predicted molar refractivity (Wildman–Crippen MR) is 147 cm³/mol. The van der Waals surface area contributed by atoms with E-state index in [2.05, 4.69) is 0 Å². The molecule has 13 nitrogen and oxygen atoms in total. The van der Waals surface area contributed by atoms with Crippen LogP contribution >= 0.6 is 0 Å². The molecule has 246 valence electrons. The highest BCUT2D eigenvalue weighted by molar-refractivity contribution is 4.92. The van der Waals surface area contributed by atoms with Gasteiger partial charge in [-0.15, -0.1) is 0 Å². The quantitative estimate of drug-likeness (QED) is 0.366. The van der Waals surface area contributed by atoms with Crippen molar-refractivity contribution in [1.29, 1.82) is 0 Å². The van der Waals surface area contributed by atoms with Crippen LogP contribution in [0, 0.1) is 0 Å². The van der Waals surface area contributed by atoms with Crippen molar-refractivity contribution in [2.24, 2.45) is 0 Å². The van der Waals surface area contributed by atoms with Gasteiger partial charge in [0.1, 0.15) is 36.6 Å². The SMILES string of the molecule is COC1CC(C)OC(C)C1OC1CC(OC)C(OC2CC(OC)C(OC3OC(C)C(O)C(OC)C3O)C(C)O2)C(C)O1. The van der Waals surface area contributed by atoms with E-state index in [0.29, 0.717) is 12.8 Å². The van der Waals surface area contributed by atoms with E-state index < -0.39 is 67.7 Å². The topological polar surface area (TPSA) is 142 Å². The van der Waals surface area contributed by atoms with Crippen molar-refractivity contribution in [2.75, 3.05) is 28.4 Å². The van der Waals surface area contributed by atoms with Gasteiger partial charge in [-0.3, -0.25) is 0 Å². The van der Waals surface area contributed by atoms with E-state index in [1.165, 1.54) is 7.11 Å². The molecule has 0 aliphatic carbocycles. The minimum Gasteiger partial charge on any atom is -0.388 e. The van der Waals surface area contributed by atoms with Gasteiger partial charge in [-0.05, 0) is 34.6 Å². The average molecular weight is 609 g/mol. The van der Waals surface area contributed by atoms with Crippen LogP contribution in [0.4, 0.5) is 0 Å². The first-order valence-corrected chi connectivity index (χ1v) is 15.1. The molecule has 2 N–H and O–H groups in total. The first kappa shape index (κ1) is 34.4. The highest BCUT2D eigenvalue weighted by atomic mass is 16.8. The number of aliphatic hydroxyl groups is 2. The van der Waals surface area contributed by atoms with Crippen LogP contribution in [0.5, 0.6) is 0 Å². The van der Waals surface area contributed by atoms with Crippen molar-refractivity contribution in [3.05, 3.63) is 0 Å². The molecule has 4 aliphatic rings. The maximum absolute atomic E-state index is 10.7. The Kier molecular flexibility index (Phi) is 12.4. The Morgan fingerprint density at radius 2 is 0.929 bits per heavy atom. The summed E-state index contributed by atoms with van der Waals surface area (Å²) < 4.78 is 65.9. The first-order valence-electron chi connectivity index (χ1n) is 15.1. The van der Waals surface area contributed by atoms with Gasteiger partial charge in [0, 0.05) is 47.7 Å². The summed E-state index contributed by atoms with van der Waals surface area (Å²) in [7, 11) is 6.36. The molecule has 17 unspecified atom stereocenters. The summed E-state index contributed by atoms with van der Waals surface area (Å²) in [5.41, 5.74) is 0. The molecule has 0 saturated carbocycles. The molecule has 4 heterocycles. The monoisotopic (exact) mass is 608 g/mol. The molecule has 4 rings (SSSR count). The number of hydrogen-bond donors (Lipinski definition) is 2. The lowest BCUT2D eigenvalue weighted by Crippen LogP contribution is -2.61. The van der Waals surface area contributed by atoms with Crippen molar-refractivity contribution >= 4 is 0 Å². The van der Waals surface area contributed by atoms with Gasteiger partial charge in [-0.1, -0.05) is 0 Å². The van der Waals surface area contributed by atoms with E-state index in [-0.39, 0.29) is 36.6 Å². The minimum absolute atomic E-state index is 0.0929. The van der Waals surface area contributed by atoms with E-state index in [0.717, 1.165) is 6.42 Å². The zero-order valence-electron chi connectivity index (χ0n) is 26.3. The van der Waals surface area contributed by atoms with Crippen LogP contribution in [-0.2, 0) is 52.1 Å². The summed E-state index contributed by atoms with van der Waals surface area (Å²) >= 11 is 0. The zero-order valence-corrected chi connectivity index (χ0v) is 26.3. The van der Waals surface area contributed by atoms with Crippen LogP contribution < -0.4 is 0 Å². The molecule has 0 bridgehead atoms. The molecule has 4 aliphatic heterocycles. The van der Waals surface area contributed by atoms with Gasteiger partial charge >= 0.3 is 0 Å². The summed E-state index contributed by atoms with van der Waals surface area (Å²) in [4.78, 5) is 0. The van der Waals surface area contributed by atoms with Gasteiger partial charge in [0.2, 0.25) is 0 Å². The molecule has 0 aromatic heterocycles. The van der Waals surface area contributed by atoms with E-state index in [1.54, 1.807) is 28.3 Å². The second-order valence-electron chi connectivity index (χ2n) is 11.9. The van der Waals surface area contributed by atoms with Crippen LogP contribution in [0.3, 0.4) is 0 Å². The lowest BCUT2D eigenvalue weighted by molar-refractivity contribution is -0.354. The average Bonchev–Trinajstić information content (AvgIpc) is 2.95. The number of rotatable bonds is 10. The predicted octanol–water partition coefficient (Wildman–Crippen LogP) is 1.14. The number of methoxy groups -OCH3 is 4. The van der Waals surface area contributed by atoms with Gasteiger partial charge in [-0.25, -0.2) is 0 Å². The van der Waals surface area contributed by atoms with E-state index in [4.69, 9.17) is 52.1 Å². The summed E-state index contributed by atoms with van der Waals surface area (Å²) in [6.07, 6.45) is -7.14. The Labute approximate surface area is 249 Å². The fraction of sp³-hybridized carbons (Fsp3) is 1.00. The van der Waals surface area contributed by atoms with Gasteiger partial charge in [0.15, 0.2) is 18.9 Å². The highest BCUT2D eigenvalue weighted by Crippen LogP contribution is 2.35. The first-order chi connectivity index (χ1) is 20.0. The Bertz CT molecular complexity index is 820. The molecule has 4 saturated heterocycles. The molecule has 0 radical (unpaired) electrons. The second kappa shape index (κ2) is 15.2. The third-order valence-electron chi connectivity index (χ3n) is 8.95. The van der Waals surface area contributed by atoms with Crippen LogP contribution in [0.1, 0.15) is 53.9 Å². The summed E-state index contributed by atoms with van der Waals surface area (Å²) in [6.45, 7) is 9.51. The van der Waals surface area contributed by atoms with Crippen LogP contribution in [0.15, 0.2) is 0 Å². The molecule has 0 spiro atoms. The summed E-state index contributed by atoms with van der Waals surface area (Å²) in [5, 5.41) is 21.0. The Morgan fingerprint density at radius 3 is 1.40 bits per heavy atom. The van der Waals surface area contributed by atoms with Crippen molar-refractivity contribution in [3.63, 3.8) is 0 Å². The molecule has 42 heavy (non-hydrogen) atoms. The van der Waals surface area contributed by atoms with Crippen molar-refractivity contribution in [2.45, 2.75) is 158 Å². The normalized spacial score (nSPS) is 50.5. The summed E-state index contributed by atoms with van der Waals surface area (Å²) in [6, 6.07) is 0. The molecule has 4 fully saturated rings. The third-order valence-corrected chi connectivity index (χ3v) is 8.95. The van der Waals surface area contributed by atoms with Crippen molar-refractivity contribution < 1.29 is 62.3 Å². The van der Waals surface area contributed by atoms with Crippen LogP contribution in [0.25, 0.3) is 0 Å². The fourth-order valence-electron chi connectivity index (χ4n) is 6.61. The number of hydrogen-bond acceptors (Lipinski definition) is 13. The Hall–Kier alpha value is -0.520. The lowest BCUT2D eigenvalue weighted by Gasteiger charge is -2.47. The zero-order chi connectivity index (χ0) is 30.7. The molecule has 13 heteroatoms. The van der Waals surface area contributed by atoms with Gasteiger partial charge in [0.05, 0.1) is 48.8 Å². The molecule has 0 amide bonds. The highest BCUT2D eigenvalue weighted by Gasteiger charge is 2.49. The number of ether oxygens (including phenoxy) is 11.